The second-order valence-corrected chi connectivity index (χ2v) is 6.59. The summed E-state index contributed by atoms with van der Waals surface area (Å²) in [6.45, 7) is 6.16. The van der Waals surface area contributed by atoms with Gasteiger partial charge >= 0.3 is 5.97 Å². The molecule has 0 aliphatic rings. The monoisotopic (exact) mass is 389 g/mol. The third kappa shape index (κ3) is 4.99. The standard InChI is InChI=1S/C23H23N3O3/c1-4-29-23(28)17-8-10-19(11-9-17)26-22(27)18-12-20(14-24-13-18)25-21-7-5-6-15(2)16(21)3/h5-14,25H,4H2,1-3H3,(H,26,27). The summed E-state index contributed by atoms with van der Waals surface area (Å²) >= 11 is 0. The fourth-order valence-electron chi connectivity index (χ4n) is 2.78. The van der Waals surface area contributed by atoms with Gasteiger partial charge in [0.15, 0.2) is 0 Å². The number of aryl methyl sites for hydroxylation is 1. The van der Waals surface area contributed by atoms with Crippen LogP contribution in [0.25, 0.3) is 0 Å². The summed E-state index contributed by atoms with van der Waals surface area (Å²) in [6.07, 6.45) is 3.18. The Morgan fingerprint density at radius 3 is 2.45 bits per heavy atom. The van der Waals surface area contributed by atoms with Gasteiger partial charge in [-0.15, -0.1) is 0 Å². The van der Waals surface area contributed by atoms with Crippen LogP contribution in [0.2, 0.25) is 0 Å². The van der Waals surface area contributed by atoms with Gasteiger partial charge in [0.2, 0.25) is 0 Å². The molecule has 0 aliphatic carbocycles. The Hall–Kier alpha value is -3.67. The molecule has 148 valence electrons. The first-order valence-electron chi connectivity index (χ1n) is 9.34. The van der Waals surface area contributed by atoms with Crippen LogP contribution in [0.5, 0.6) is 0 Å². The first-order valence-corrected chi connectivity index (χ1v) is 9.34. The molecular weight excluding hydrogens is 366 g/mol. The predicted octanol–water partition coefficient (Wildman–Crippen LogP) is 4.87. The Morgan fingerprint density at radius 1 is 0.966 bits per heavy atom. The summed E-state index contributed by atoms with van der Waals surface area (Å²) in [5.41, 5.74) is 5.46. The number of nitrogens with one attached hydrogen (secondary N) is 2. The van der Waals surface area contributed by atoms with Gasteiger partial charge in [0.1, 0.15) is 0 Å². The smallest absolute Gasteiger partial charge is 0.338 e. The number of rotatable bonds is 6. The SMILES string of the molecule is CCOC(=O)c1ccc(NC(=O)c2cncc(Nc3cccc(C)c3C)c2)cc1. The van der Waals surface area contributed by atoms with Gasteiger partial charge in [-0.05, 0) is 68.3 Å². The maximum atomic E-state index is 12.6. The number of amides is 1. The number of hydrogen-bond acceptors (Lipinski definition) is 5. The minimum absolute atomic E-state index is 0.286. The largest absolute Gasteiger partial charge is 0.462 e. The number of anilines is 3. The highest BCUT2D eigenvalue weighted by Gasteiger charge is 2.10. The Balaban J connectivity index is 1.71. The summed E-state index contributed by atoms with van der Waals surface area (Å²) in [5, 5.41) is 6.12. The lowest BCUT2D eigenvalue weighted by Gasteiger charge is -2.12. The van der Waals surface area contributed by atoms with Crippen molar-refractivity contribution in [1.82, 2.24) is 4.98 Å². The Kier molecular flexibility index (Phi) is 6.24. The number of pyridine rings is 1. The second-order valence-electron chi connectivity index (χ2n) is 6.59. The number of aromatic nitrogens is 1. The van der Waals surface area contributed by atoms with E-state index >= 15 is 0 Å². The molecule has 3 aromatic rings. The van der Waals surface area contributed by atoms with Crippen LogP contribution < -0.4 is 10.6 Å². The summed E-state index contributed by atoms with van der Waals surface area (Å²) in [5.74, 6) is -0.675. The predicted molar refractivity (Wildman–Crippen MR) is 114 cm³/mol. The highest BCUT2D eigenvalue weighted by Crippen LogP contribution is 2.23. The summed E-state index contributed by atoms with van der Waals surface area (Å²) in [7, 11) is 0. The zero-order chi connectivity index (χ0) is 20.8. The van der Waals surface area contributed by atoms with Crippen LogP contribution in [0.4, 0.5) is 17.1 Å². The van der Waals surface area contributed by atoms with Gasteiger partial charge in [-0.3, -0.25) is 9.78 Å². The first kappa shape index (κ1) is 20.1. The van der Waals surface area contributed by atoms with E-state index in [2.05, 4.69) is 28.6 Å². The summed E-state index contributed by atoms with van der Waals surface area (Å²) in [6, 6.07) is 14.3. The fraction of sp³-hybridized carbons (Fsp3) is 0.174. The molecule has 0 bridgehead atoms. The van der Waals surface area contributed by atoms with Crippen LogP contribution in [-0.2, 0) is 4.74 Å². The van der Waals surface area contributed by atoms with E-state index in [1.54, 1.807) is 43.5 Å². The number of ether oxygens (including phenoxy) is 1. The van der Waals surface area contributed by atoms with Crippen molar-refractivity contribution in [2.45, 2.75) is 20.8 Å². The van der Waals surface area contributed by atoms with Crippen LogP contribution in [0.1, 0.15) is 38.8 Å². The number of nitrogens with zero attached hydrogens (tertiary/aromatic N) is 1. The highest BCUT2D eigenvalue weighted by atomic mass is 16.5. The minimum atomic E-state index is -0.389. The molecule has 2 aromatic carbocycles. The van der Waals surface area contributed by atoms with E-state index in [0.29, 0.717) is 23.4 Å². The van der Waals surface area contributed by atoms with Crippen molar-refractivity contribution in [3.63, 3.8) is 0 Å². The molecule has 0 saturated carbocycles. The summed E-state index contributed by atoms with van der Waals surface area (Å²) < 4.78 is 4.95. The van der Waals surface area contributed by atoms with Crippen molar-refractivity contribution < 1.29 is 14.3 Å². The maximum Gasteiger partial charge on any atom is 0.338 e. The third-order valence-electron chi connectivity index (χ3n) is 4.54. The van der Waals surface area contributed by atoms with Gasteiger partial charge < -0.3 is 15.4 Å². The van der Waals surface area contributed by atoms with Gasteiger partial charge in [0.05, 0.1) is 29.6 Å². The second kappa shape index (κ2) is 9.01. The Bertz CT molecular complexity index is 1030. The lowest BCUT2D eigenvalue weighted by molar-refractivity contribution is 0.0526. The lowest BCUT2D eigenvalue weighted by atomic mass is 10.1. The van der Waals surface area contributed by atoms with Gasteiger partial charge in [0.25, 0.3) is 5.91 Å². The van der Waals surface area contributed by atoms with Gasteiger partial charge in [-0.2, -0.15) is 0 Å². The van der Waals surface area contributed by atoms with Crippen molar-refractivity contribution in [2.75, 3.05) is 17.2 Å². The van der Waals surface area contributed by atoms with Crippen molar-refractivity contribution >= 4 is 28.9 Å². The van der Waals surface area contributed by atoms with Crippen LogP contribution in [0, 0.1) is 13.8 Å². The topological polar surface area (TPSA) is 80.3 Å². The van der Waals surface area contributed by atoms with Crippen molar-refractivity contribution in [3.05, 3.63) is 83.2 Å². The van der Waals surface area contributed by atoms with E-state index in [1.165, 1.54) is 11.8 Å². The number of carbonyl (C=O) groups excluding carboxylic acids is 2. The van der Waals surface area contributed by atoms with E-state index in [4.69, 9.17) is 4.74 Å². The highest BCUT2D eigenvalue weighted by molar-refractivity contribution is 6.04. The molecule has 0 fully saturated rings. The third-order valence-corrected chi connectivity index (χ3v) is 4.54. The molecule has 0 unspecified atom stereocenters. The number of carbonyl (C=O) groups is 2. The molecule has 3 rings (SSSR count). The Labute approximate surface area is 169 Å². The van der Waals surface area contributed by atoms with Gasteiger partial charge in [-0.1, -0.05) is 12.1 Å². The van der Waals surface area contributed by atoms with Crippen molar-refractivity contribution in [2.24, 2.45) is 0 Å². The molecule has 1 heterocycles. The van der Waals surface area contributed by atoms with E-state index in [-0.39, 0.29) is 11.9 Å². The van der Waals surface area contributed by atoms with Crippen molar-refractivity contribution in [1.29, 1.82) is 0 Å². The molecule has 6 nitrogen and oxygen atoms in total. The van der Waals surface area contributed by atoms with Crippen LogP contribution in [0.15, 0.2) is 60.9 Å². The van der Waals surface area contributed by atoms with Crippen LogP contribution in [0.3, 0.4) is 0 Å². The average Bonchev–Trinajstić information content (AvgIpc) is 2.72. The average molecular weight is 389 g/mol. The van der Waals surface area contributed by atoms with E-state index < -0.39 is 0 Å². The summed E-state index contributed by atoms with van der Waals surface area (Å²) in [4.78, 5) is 28.5. The molecule has 0 spiro atoms. The van der Waals surface area contributed by atoms with E-state index in [9.17, 15) is 9.59 Å². The molecular formula is C23H23N3O3. The van der Waals surface area contributed by atoms with Crippen LogP contribution in [-0.4, -0.2) is 23.5 Å². The number of esters is 1. The van der Waals surface area contributed by atoms with E-state index in [0.717, 1.165) is 16.9 Å². The fourth-order valence-corrected chi connectivity index (χ4v) is 2.78. The zero-order valence-corrected chi connectivity index (χ0v) is 16.7. The van der Waals surface area contributed by atoms with E-state index in [1.807, 2.05) is 19.1 Å². The minimum Gasteiger partial charge on any atom is -0.462 e. The molecule has 1 amide bonds. The quantitative estimate of drug-likeness (QED) is 0.588. The molecule has 29 heavy (non-hydrogen) atoms. The normalized spacial score (nSPS) is 10.3. The molecule has 2 N–H and O–H groups in total. The molecule has 0 radical (unpaired) electrons. The number of hydrogen-bond donors (Lipinski definition) is 2. The van der Waals surface area contributed by atoms with Crippen molar-refractivity contribution in [3.8, 4) is 0 Å². The number of benzene rings is 2. The molecule has 6 heteroatoms. The van der Waals surface area contributed by atoms with Gasteiger partial charge in [-0.25, -0.2) is 4.79 Å². The molecule has 0 saturated heterocycles. The maximum absolute atomic E-state index is 12.6. The van der Waals surface area contributed by atoms with Crippen LogP contribution >= 0.6 is 0 Å². The van der Waals surface area contributed by atoms with Gasteiger partial charge in [0, 0.05) is 17.6 Å². The Morgan fingerprint density at radius 2 is 1.72 bits per heavy atom. The lowest BCUT2D eigenvalue weighted by Crippen LogP contribution is -2.13. The molecule has 1 aromatic heterocycles. The first-order chi connectivity index (χ1) is 14.0. The molecule has 0 aliphatic heterocycles. The zero-order valence-electron chi connectivity index (χ0n) is 16.7. The molecule has 0 atom stereocenters.